The fourth-order valence-corrected chi connectivity index (χ4v) is 3.47. The molecule has 0 saturated carbocycles. The van der Waals surface area contributed by atoms with E-state index in [9.17, 15) is 13.5 Å². The van der Waals surface area contributed by atoms with Crippen LogP contribution < -0.4 is 4.72 Å². The zero-order chi connectivity index (χ0) is 17.0. The number of aryl methyl sites for hydroxylation is 1. The Morgan fingerprint density at radius 1 is 1.26 bits per heavy atom. The molecule has 0 aliphatic heterocycles. The van der Waals surface area contributed by atoms with E-state index in [4.69, 9.17) is 0 Å². The molecule has 1 atom stereocenters. The van der Waals surface area contributed by atoms with Crippen LogP contribution in [0.25, 0.3) is 5.69 Å². The Balaban J connectivity index is 2.19. The highest BCUT2D eigenvalue weighted by Gasteiger charge is 2.22. The van der Waals surface area contributed by atoms with Crippen molar-refractivity contribution in [2.45, 2.75) is 38.1 Å². The molecule has 2 aromatic rings. The topological polar surface area (TPSA) is 84.2 Å². The number of aromatic nitrogens is 2. The standard InChI is InChI=1S/C16H23N3O3S/c1-12(2)8-14(11-20)18-23(21,22)16-9-17-19(10-16)15-6-4-13(3)5-7-15/h4-7,9-10,12,14,18,20H,8,11H2,1-3H3. The van der Waals surface area contributed by atoms with Crippen molar-refractivity contribution < 1.29 is 13.5 Å². The highest BCUT2D eigenvalue weighted by molar-refractivity contribution is 7.89. The van der Waals surface area contributed by atoms with Gasteiger partial charge in [-0.3, -0.25) is 0 Å². The fraction of sp³-hybridized carbons (Fsp3) is 0.438. The molecule has 2 N–H and O–H groups in total. The third kappa shape index (κ3) is 4.63. The first-order valence-corrected chi connectivity index (χ1v) is 9.05. The van der Waals surface area contributed by atoms with Gasteiger partial charge in [-0.15, -0.1) is 0 Å². The summed E-state index contributed by atoms with van der Waals surface area (Å²) in [6, 6.07) is 7.13. The molecular formula is C16H23N3O3S. The molecular weight excluding hydrogens is 314 g/mol. The summed E-state index contributed by atoms with van der Waals surface area (Å²) in [5, 5.41) is 13.5. The van der Waals surface area contributed by atoms with Gasteiger partial charge < -0.3 is 5.11 Å². The van der Waals surface area contributed by atoms with E-state index in [1.54, 1.807) is 0 Å². The summed E-state index contributed by atoms with van der Waals surface area (Å²) in [4.78, 5) is 0.0836. The van der Waals surface area contributed by atoms with Crippen molar-refractivity contribution >= 4 is 10.0 Å². The molecule has 126 valence electrons. The Morgan fingerprint density at radius 2 is 1.91 bits per heavy atom. The summed E-state index contributed by atoms with van der Waals surface area (Å²) in [6.45, 7) is 5.71. The van der Waals surface area contributed by atoms with Gasteiger partial charge >= 0.3 is 0 Å². The van der Waals surface area contributed by atoms with E-state index >= 15 is 0 Å². The largest absolute Gasteiger partial charge is 0.395 e. The van der Waals surface area contributed by atoms with Crippen LogP contribution >= 0.6 is 0 Å². The smallest absolute Gasteiger partial charge is 0.244 e. The molecule has 7 heteroatoms. The Hall–Kier alpha value is -1.70. The van der Waals surface area contributed by atoms with Crippen LogP contribution in [0, 0.1) is 12.8 Å². The predicted octanol–water partition coefficient (Wildman–Crippen LogP) is 1.87. The van der Waals surface area contributed by atoms with E-state index < -0.39 is 16.1 Å². The molecule has 0 radical (unpaired) electrons. The van der Waals surface area contributed by atoms with Crippen molar-refractivity contribution in [1.29, 1.82) is 0 Å². The first kappa shape index (κ1) is 17.7. The minimum Gasteiger partial charge on any atom is -0.395 e. The number of aliphatic hydroxyl groups excluding tert-OH is 1. The third-order valence-corrected chi connectivity index (χ3v) is 4.94. The lowest BCUT2D eigenvalue weighted by atomic mass is 10.1. The van der Waals surface area contributed by atoms with E-state index in [0.29, 0.717) is 6.42 Å². The number of nitrogens with zero attached hydrogens (tertiary/aromatic N) is 2. The zero-order valence-electron chi connectivity index (χ0n) is 13.6. The maximum absolute atomic E-state index is 12.4. The molecule has 0 aliphatic rings. The lowest BCUT2D eigenvalue weighted by Crippen LogP contribution is -2.38. The van der Waals surface area contributed by atoms with Crippen molar-refractivity contribution in [1.82, 2.24) is 14.5 Å². The summed E-state index contributed by atoms with van der Waals surface area (Å²) in [7, 11) is -3.71. The van der Waals surface area contributed by atoms with Crippen LogP contribution in [-0.4, -0.2) is 36.0 Å². The van der Waals surface area contributed by atoms with Gasteiger partial charge in [0.05, 0.1) is 24.7 Å². The number of hydrogen-bond acceptors (Lipinski definition) is 4. The van der Waals surface area contributed by atoms with Crippen molar-refractivity contribution in [3.63, 3.8) is 0 Å². The Kier molecular flexibility index (Phi) is 5.56. The van der Waals surface area contributed by atoms with Crippen LogP contribution in [0.15, 0.2) is 41.6 Å². The average Bonchev–Trinajstić information content (AvgIpc) is 2.97. The number of benzene rings is 1. The quantitative estimate of drug-likeness (QED) is 0.808. The van der Waals surface area contributed by atoms with Crippen molar-refractivity contribution in [3.05, 3.63) is 42.2 Å². The monoisotopic (exact) mass is 337 g/mol. The molecule has 0 saturated heterocycles. The summed E-state index contributed by atoms with van der Waals surface area (Å²) < 4.78 is 28.9. The summed E-state index contributed by atoms with van der Waals surface area (Å²) in [6.07, 6.45) is 3.35. The number of sulfonamides is 1. The molecule has 23 heavy (non-hydrogen) atoms. The molecule has 0 fully saturated rings. The summed E-state index contributed by atoms with van der Waals surface area (Å²) in [5.74, 6) is 0.283. The third-order valence-electron chi connectivity index (χ3n) is 3.47. The molecule has 0 bridgehead atoms. The lowest BCUT2D eigenvalue weighted by Gasteiger charge is -2.17. The van der Waals surface area contributed by atoms with Crippen molar-refractivity contribution in [2.24, 2.45) is 5.92 Å². The van der Waals surface area contributed by atoms with Crippen molar-refractivity contribution in [2.75, 3.05) is 6.61 Å². The highest BCUT2D eigenvalue weighted by atomic mass is 32.2. The SMILES string of the molecule is Cc1ccc(-n2cc(S(=O)(=O)NC(CO)CC(C)C)cn2)cc1. The second-order valence-corrected chi connectivity index (χ2v) is 7.80. The molecule has 1 aromatic carbocycles. The fourth-order valence-electron chi connectivity index (χ4n) is 2.30. The van der Waals surface area contributed by atoms with E-state index in [1.807, 2.05) is 45.0 Å². The van der Waals surface area contributed by atoms with Gasteiger partial charge in [0.1, 0.15) is 4.90 Å². The van der Waals surface area contributed by atoms with Gasteiger partial charge in [0.15, 0.2) is 0 Å². The number of nitrogens with one attached hydrogen (secondary N) is 1. The normalized spacial score (nSPS) is 13.4. The molecule has 6 nitrogen and oxygen atoms in total. The van der Waals surface area contributed by atoms with Gasteiger partial charge in [-0.05, 0) is 31.4 Å². The zero-order valence-corrected chi connectivity index (χ0v) is 14.4. The Labute approximate surface area is 137 Å². The average molecular weight is 337 g/mol. The van der Waals surface area contributed by atoms with Crippen LogP contribution in [-0.2, 0) is 10.0 Å². The predicted molar refractivity (Wildman–Crippen MR) is 89.0 cm³/mol. The molecule has 0 spiro atoms. The lowest BCUT2D eigenvalue weighted by molar-refractivity contribution is 0.240. The van der Waals surface area contributed by atoms with Crippen LogP contribution in [0.1, 0.15) is 25.8 Å². The van der Waals surface area contributed by atoms with Gasteiger partial charge in [-0.25, -0.2) is 17.8 Å². The van der Waals surface area contributed by atoms with E-state index in [-0.39, 0.29) is 17.4 Å². The maximum Gasteiger partial charge on any atom is 0.244 e. The second kappa shape index (κ2) is 7.25. The Morgan fingerprint density at radius 3 is 2.48 bits per heavy atom. The first-order chi connectivity index (χ1) is 10.8. The van der Waals surface area contributed by atoms with Crippen LogP contribution in [0.3, 0.4) is 0 Å². The maximum atomic E-state index is 12.4. The first-order valence-electron chi connectivity index (χ1n) is 7.56. The molecule has 1 unspecified atom stereocenters. The summed E-state index contributed by atoms with van der Waals surface area (Å²) in [5.41, 5.74) is 1.91. The van der Waals surface area contributed by atoms with Crippen LogP contribution in [0.5, 0.6) is 0 Å². The minimum atomic E-state index is -3.71. The van der Waals surface area contributed by atoms with E-state index in [0.717, 1.165) is 11.3 Å². The molecule has 0 aliphatic carbocycles. The van der Waals surface area contributed by atoms with E-state index in [2.05, 4.69) is 9.82 Å². The molecule has 0 amide bonds. The Bertz CT molecular complexity index is 736. The van der Waals surface area contributed by atoms with Gasteiger partial charge in [-0.1, -0.05) is 31.5 Å². The highest BCUT2D eigenvalue weighted by Crippen LogP contribution is 2.14. The van der Waals surface area contributed by atoms with Crippen LogP contribution in [0.4, 0.5) is 0 Å². The molecule has 1 heterocycles. The second-order valence-electron chi connectivity index (χ2n) is 6.09. The number of hydrogen-bond donors (Lipinski definition) is 2. The van der Waals surface area contributed by atoms with Gasteiger partial charge in [0.2, 0.25) is 10.0 Å². The van der Waals surface area contributed by atoms with E-state index in [1.165, 1.54) is 17.1 Å². The number of aliphatic hydroxyl groups is 1. The van der Waals surface area contributed by atoms with Crippen LogP contribution in [0.2, 0.25) is 0 Å². The number of rotatable bonds is 7. The molecule has 1 aromatic heterocycles. The molecule has 2 rings (SSSR count). The summed E-state index contributed by atoms with van der Waals surface area (Å²) >= 11 is 0. The minimum absolute atomic E-state index is 0.0836. The van der Waals surface area contributed by atoms with Gasteiger partial charge in [0.25, 0.3) is 0 Å². The van der Waals surface area contributed by atoms with Crippen molar-refractivity contribution in [3.8, 4) is 5.69 Å². The van der Waals surface area contributed by atoms with Gasteiger partial charge in [-0.2, -0.15) is 5.10 Å². The van der Waals surface area contributed by atoms with Gasteiger partial charge in [0, 0.05) is 6.04 Å².